The smallest absolute Gasteiger partial charge is 0.227 e. The average Bonchev–Trinajstić information content (AvgIpc) is 2.72. The van der Waals surface area contributed by atoms with Gasteiger partial charge in [0.2, 0.25) is 11.8 Å². The van der Waals surface area contributed by atoms with Crippen LogP contribution in [-0.2, 0) is 16.0 Å². The van der Waals surface area contributed by atoms with E-state index in [0.29, 0.717) is 18.0 Å². The van der Waals surface area contributed by atoms with Gasteiger partial charge in [0.25, 0.3) is 0 Å². The summed E-state index contributed by atoms with van der Waals surface area (Å²) >= 11 is 1.35. The van der Waals surface area contributed by atoms with Gasteiger partial charge in [-0.15, -0.1) is 0 Å². The number of carbonyl (C=O) groups excluding carboxylic acids is 2. The maximum absolute atomic E-state index is 11.5. The highest BCUT2D eigenvalue weighted by molar-refractivity contribution is 7.99. The van der Waals surface area contributed by atoms with E-state index in [4.69, 9.17) is 5.73 Å². The van der Waals surface area contributed by atoms with Crippen LogP contribution in [0.1, 0.15) is 19.0 Å². The van der Waals surface area contributed by atoms with Crippen LogP contribution in [0.4, 0.5) is 5.82 Å². The Morgan fingerprint density at radius 2 is 2.35 bits per heavy atom. The Hall–Kier alpha value is -1.50. The molecule has 94 valence electrons. The number of rotatable bonds is 7. The highest BCUT2D eigenvalue weighted by Gasteiger charge is 2.05. The second-order valence-electron chi connectivity index (χ2n) is 3.45. The molecule has 0 spiro atoms. The van der Waals surface area contributed by atoms with Crippen molar-refractivity contribution in [3.05, 3.63) is 11.8 Å². The second-order valence-corrected chi connectivity index (χ2v) is 4.55. The number of nitrogens with zero attached hydrogens (tertiary/aromatic N) is 1. The van der Waals surface area contributed by atoms with Crippen molar-refractivity contribution < 1.29 is 9.59 Å². The summed E-state index contributed by atoms with van der Waals surface area (Å²) in [6.45, 7) is 2.00. The van der Waals surface area contributed by atoms with Crippen molar-refractivity contribution in [3.8, 4) is 0 Å². The minimum absolute atomic E-state index is 0.115. The van der Waals surface area contributed by atoms with Crippen molar-refractivity contribution in [2.24, 2.45) is 5.73 Å². The van der Waals surface area contributed by atoms with Crippen LogP contribution in [0, 0.1) is 0 Å². The summed E-state index contributed by atoms with van der Waals surface area (Å²) in [6.07, 6.45) is 1.18. The zero-order valence-electron chi connectivity index (χ0n) is 9.66. The molecule has 0 saturated carbocycles. The van der Waals surface area contributed by atoms with Crippen LogP contribution in [0.2, 0.25) is 0 Å². The van der Waals surface area contributed by atoms with Crippen LogP contribution in [0.3, 0.4) is 0 Å². The third-order valence-electron chi connectivity index (χ3n) is 2.00. The molecule has 7 heteroatoms. The second kappa shape index (κ2) is 6.95. The fourth-order valence-electron chi connectivity index (χ4n) is 1.15. The lowest BCUT2D eigenvalue weighted by atomic mass is 10.3. The topological polar surface area (TPSA) is 101 Å². The van der Waals surface area contributed by atoms with E-state index < -0.39 is 0 Å². The molecule has 0 radical (unpaired) electrons. The molecule has 0 aromatic carbocycles. The van der Waals surface area contributed by atoms with E-state index in [1.807, 2.05) is 6.92 Å². The Morgan fingerprint density at radius 1 is 1.59 bits per heavy atom. The first-order valence-electron chi connectivity index (χ1n) is 5.32. The van der Waals surface area contributed by atoms with Crippen molar-refractivity contribution in [3.63, 3.8) is 0 Å². The van der Waals surface area contributed by atoms with Crippen molar-refractivity contribution in [2.45, 2.75) is 19.8 Å². The SMILES string of the molecule is CCc1cc(NC(=O)CCSCC(N)=O)n[nH]1. The summed E-state index contributed by atoms with van der Waals surface area (Å²) in [7, 11) is 0. The number of amides is 2. The van der Waals surface area contributed by atoms with E-state index >= 15 is 0 Å². The molecule has 2 amide bonds. The molecule has 0 atom stereocenters. The van der Waals surface area contributed by atoms with Gasteiger partial charge in [-0.1, -0.05) is 6.92 Å². The number of thioether (sulfide) groups is 1. The first kappa shape index (κ1) is 13.6. The molecule has 1 aromatic heterocycles. The number of hydrogen-bond acceptors (Lipinski definition) is 4. The van der Waals surface area contributed by atoms with E-state index in [1.54, 1.807) is 6.07 Å². The van der Waals surface area contributed by atoms with Crippen molar-refractivity contribution in [1.29, 1.82) is 0 Å². The van der Waals surface area contributed by atoms with Gasteiger partial charge < -0.3 is 11.1 Å². The molecule has 1 rings (SSSR count). The maximum Gasteiger partial charge on any atom is 0.227 e. The molecular formula is C10H16N4O2S. The normalized spacial score (nSPS) is 10.2. The molecule has 0 fully saturated rings. The quantitative estimate of drug-likeness (QED) is 0.619. The van der Waals surface area contributed by atoms with Gasteiger partial charge in [-0.2, -0.15) is 16.9 Å². The van der Waals surface area contributed by atoms with Crippen LogP contribution in [-0.4, -0.2) is 33.5 Å². The Bertz CT molecular complexity index is 391. The number of H-pyrrole nitrogens is 1. The van der Waals surface area contributed by atoms with E-state index in [-0.39, 0.29) is 17.6 Å². The summed E-state index contributed by atoms with van der Waals surface area (Å²) in [5.74, 6) is 0.869. The van der Waals surface area contributed by atoms with E-state index in [2.05, 4.69) is 15.5 Å². The summed E-state index contributed by atoms with van der Waals surface area (Å²) in [6, 6.07) is 1.80. The van der Waals surface area contributed by atoms with Crippen molar-refractivity contribution >= 4 is 29.4 Å². The zero-order valence-corrected chi connectivity index (χ0v) is 10.5. The van der Waals surface area contributed by atoms with Crippen molar-refractivity contribution in [1.82, 2.24) is 10.2 Å². The Morgan fingerprint density at radius 3 is 2.94 bits per heavy atom. The van der Waals surface area contributed by atoms with Crippen molar-refractivity contribution in [2.75, 3.05) is 16.8 Å². The number of anilines is 1. The number of hydrogen-bond donors (Lipinski definition) is 3. The molecule has 0 saturated heterocycles. The lowest BCUT2D eigenvalue weighted by Gasteiger charge is -2.00. The fourth-order valence-corrected chi connectivity index (χ4v) is 1.82. The third kappa shape index (κ3) is 5.39. The molecule has 17 heavy (non-hydrogen) atoms. The number of carbonyl (C=O) groups is 2. The number of aromatic nitrogens is 2. The monoisotopic (exact) mass is 256 g/mol. The van der Waals surface area contributed by atoms with E-state index in [0.717, 1.165) is 12.1 Å². The summed E-state index contributed by atoms with van der Waals surface area (Å²) in [5, 5.41) is 9.43. The fraction of sp³-hybridized carbons (Fsp3) is 0.500. The molecule has 0 bridgehead atoms. The lowest BCUT2D eigenvalue weighted by Crippen LogP contribution is -2.15. The van der Waals surface area contributed by atoms with Crippen LogP contribution in [0.15, 0.2) is 6.07 Å². The summed E-state index contributed by atoms with van der Waals surface area (Å²) in [4.78, 5) is 21.9. The van der Waals surface area contributed by atoms with Gasteiger partial charge in [-0.05, 0) is 6.42 Å². The van der Waals surface area contributed by atoms with Crippen LogP contribution in [0.5, 0.6) is 0 Å². The van der Waals surface area contributed by atoms with Crippen LogP contribution < -0.4 is 11.1 Å². The molecule has 0 unspecified atom stereocenters. The number of primary amides is 1. The van der Waals surface area contributed by atoms with E-state index in [1.165, 1.54) is 11.8 Å². The van der Waals surface area contributed by atoms with E-state index in [9.17, 15) is 9.59 Å². The molecule has 1 aromatic rings. The lowest BCUT2D eigenvalue weighted by molar-refractivity contribution is -0.116. The largest absolute Gasteiger partial charge is 0.369 e. The summed E-state index contributed by atoms with van der Waals surface area (Å²) < 4.78 is 0. The predicted molar refractivity (Wildman–Crippen MR) is 67.7 cm³/mol. The number of aromatic amines is 1. The first-order valence-corrected chi connectivity index (χ1v) is 6.47. The first-order chi connectivity index (χ1) is 8.11. The minimum atomic E-state index is -0.365. The van der Waals surface area contributed by atoms with Gasteiger partial charge in [-0.3, -0.25) is 14.7 Å². The minimum Gasteiger partial charge on any atom is -0.369 e. The molecule has 0 aliphatic carbocycles. The summed E-state index contributed by atoms with van der Waals surface area (Å²) in [5.41, 5.74) is 5.95. The molecular weight excluding hydrogens is 240 g/mol. The molecule has 0 aliphatic rings. The Kier molecular flexibility index (Phi) is 5.55. The molecule has 4 N–H and O–H groups in total. The highest BCUT2D eigenvalue weighted by atomic mass is 32.2. The average molecular weight is 256 g/mol. The van der Waals surface area contributed by atoms with Gasteiger partial charge in [0.05, 0.1) is 5.75 Å². The van der Waals surface area contributed by atoms with Gasteiger partial charge in [0, 0.05) is 23.9 Å². The number of nitrogens with one attached hydrogen (secondary N) is 2. The number of nitrogens with two attached hydrogens (primary N) is 1. The Balaban J connectivity index is 2.22. The third-order valence-corrected chi connectivity index (χ3v) is 2.98. The maximum atomic E-state index is 11.5. The molecule has 6 nitrogen and oxygen atoms in total. The van der Waals surface area contributed by atoms with Crippen LogP contribution in [0.25, 0.3) is 0 Å². The molecule has 1 heterocycles. The Labute approximate surface area is 104 Å². The molecule has 0 aliphatic heterocycles. The standard InChI is InChI=1S/C10H16N4O2S/c1-2-7-5-9(14-13-7)12-10(16)3-4-17-6-8(11)15/h5H,2-4,6H2,1H3,(H2,11,15)(H2,12,13,14,16). The predicted octanol–water partition coefficient (Wildman–Crippen LogP) is 0.519. The van der Waals surface area contributed by atoms with Gasteiger partial charge in [0.15, 0.2) is 5.82 Å². The van der Waals surface area contributed by atoms with Crippen LogP contribution >= 0.6 is 11.8 Å². The highest BCUT2D eigenvalue weighted by Crippen LogP contribution is 2.07. The van der Waals surface area contributed by atoms with Gasteiger partial charge >= 0.3 is 0 Å². The zero-order chi connectivity index (χ0) is 12.7. The number of aryl methyl sites for hydroxylation is 1. The van der Waals surface area contributed by atoms with Gasteiger partial charge in [-0.25, -0.2) is 0 Å². The van der Waals surface area contributed by atoms with Gasteiger partial charge in [0.1, 0.15) is 0 Å².